The van der Waals surface area contributed by atoms with Gasteiger partial charge in [-0.1, -0.05) is 11.3 Å². The molecule has 3 aromatic carbocycles. The summed E-state index contributed by atoms with van der Waals surface area (Å²) in [4.78, 5) is 27.3. The number of carbonyl (C=O) groups excluding carboxylic acids is 1. The lowest BCUT2D eigenvalue weighted by Gasteiger charge is -2.09. The third-order valence-electron chi connectivity index (χ3n) is 4.62. The molecule has 0 saturated heterocycles. The maximum absolute atomic E-state index is 13.0. The Bertz CT molecular complexity index is 1500. The molecule has 4 rings (SSSR count). The Morgan fingerprint density at radius 2 is 1.79 bits per heavy atom. The maximum Gasteiger partial charge on any atom is 0.274 e. The van der Waals surface area contributed by atoms with Gasteiger partial charge in [-0.2, -0.15) is 0 Å². The van der Waals surface area contributed by atoms with Crippen LogP contribution in [-0.2, 0) is 10.0 Å². The van der Waals surface area contributed by atoms with Crippen molar-refractivity contribution in [3.05, 3.63) is 82.2 Å². The predicted molar refractivity (Wildman–Crippen MR) is 124 cm³/mol. The van der Waals surface area contributed by atoms with Crippen LogP contribution in [0.5, 0.6) is 5.75 Å². The molecule has 1 amide bonds. The predicted octanol–water partition coefficient (Wildman–Crippen LogP) is 4.41. The number of carbonyl (C=O) groups is 1. The number of methoxy groups -OCH3 is 1. The van der Waals surface area contributed by atoms with E-state index in [1.54, 1.807) is 0 Å². The zero-order valence-electron chi connectivity index (χ0n) is 17.3. The molecule has 0 spiro atoms. The number of nitro groups is 1. The largest absolute Gasteiger partial charge is 0.494 e. The molecule has 0 radical (unpaired) electrons. The van der Waals surface area contributed by atoms with Gasteiger partial charge in [0.25, 0.3) is 21.6 Å². The molecule has 34 heavy (non-hydrogen) atoms. The number of amides is 1. The number of nitrogens with zero attached hydrogens (tertiary/aromatic N) is 2. The molecule has 174 valence electrons. The summed E-state index contributed by atoms with van der Waals surface area (Å²) in [5.74, 6) is -0.863. The lowest BCUT2D eigenvalue weighted by atomic mass is 10.2. The molecule has 0 atom stereocenters. The molecule has 0 saturated carbocycles. The smallest absolute Gasteiger partial charge is 0.274 e. The Morgan fingerprint density at radius 3 is 2.41 bits per heavy atom. The summed E-state index contributed by atoms with van der Waals surface area (Å²) in [7, 11) is -2.57. The number of hydrogen-bond donors (Lipinski definition) is 2. The van der Waals surface area contributed by atoms with E-state index in [0.717, 1.165) is 35.6 Å². The first-order chi connectivity index (χ1) is 16.2. The number of non-ortho nitro benzene ring substituents is 1. The Balaban J connectivity index is 1.50. The van der Waals surface area contributed by atoms with Crippen molar-refractivity contribution in [1.29, 1.82) is 0 Å². The van der Waals surface area contributed by atoms with Crippen molar-refractivity contribution in [2.75, 3.05) is 17.1 Å². The average molecular weight is 503 g/mol. The van der Waals surface area contributed by atoms with Gasteiger partial charge in [0.2, 0.25) is 0 Å². The second kappa shape index (κ2) is 9.03. The van der Waals surface area contributed by atoms with Crippen LogP contribution in [0.2, 0.25) is 0 Å². The Labute approximate surface area is 196 Å². The first-order valence-electron chi connectivity index (χ1n) is 9.49. The number of aromatic nitrogens is 1. The fourth-order valence-electron chi connectivity index (χ4n) is 2.99. The highest BCUT2D eigenvalue weighted by atomic mass is 32.2. The molecule has 13 heteroatoms. The number of rotatable bonds is 7. The molecule has 0 fully saturated rings. The van der Waals surface area contributed by atoms with Gasteiger partial charge in [0.1, 0.15) is 11.3 Å². The quantitative estimate of drug-likeness (QED) is 0.282. The molecule has 0 bridgehead atoms. The number of nitrogens with one attached hydrogen (secondary N) is 2. The third-order valence-corrected chi connectivity index (χ3v) is 6.93. The molecule has 0 aliphatic rings. The zero-order valence-corrected chi connectivity index (χ0v) is 18.9. The highest BCUT2D eigenvalue weighted by Gasteiger charge is 2.18. The van der Waals surface area contributed by atoms with Crippen molar-refractivity contribution in [2.24, 2.45) is 0 Å². The SMILES string of the molecule is COc1cc([N+](=O)[O-])cc2sc(NC(=O)c3ccc(NS(=O)(=O)c4ccc(F)cc4)cc3)nc12. The van der Waals surface area contributed by atoms with Crippen LogP contribution in [0.1, 0.15) is 10.4 Å². The van der Waals surface area contributed by atoms with Gasteiger partial charge in [-0.3, -0.25) is 24.9 Å². The van der Waals surface area contributed by atoms with E-state index in [2.05, 4.69) is 15.0 Å². The Kier molecular flexibility index (Phi) is 6.13. The number of benzene rings is 3. The summed E-state index contributed by atoms with van der Waals surface area (Å²) in [5.41, 5.74) is 0.642. The lowest BCUT2D eigenvalue weighted by Crippen LogP contribution is -2.14. The van der Waals surface area contributed by atoms with E-state index in [9.17, 15) is 27.7 Å². The normalized spacial score (nSPS) is 11.2. The molecule has 10 nitrogen and oxygen atoms in total. The minimum atomic E-state index is -3.93. The van der Waals surface area contributed by atoms with Crippen molar-refractivity contribution in [3.63, 3.8) is 0 Å². The molecular formula is C21H15FN4O6S2. The number of sulfonamides is 1. The highest BCUT2D eigenvalue weighted by molar-refractivity contribution is 7.92. The molecule has 0 aliphatic carbocycles. The van der Waals surface area contributed by atoms with Crippen molar-refractivity contribution in [3.8, 4) is 5.75 Å². The van der Waals surface area contributed by atoms with Crippen LogP contribution < -0.4 is 14.8 Å². The summed E-state index contributed by atoms with van der Waals surface area (Å²) >= 11 is 1.05. The van der Waals surface area contributed by atoms with Gasteiger partial charge in [0.15, 0.2) is 10.9 Å². The number of fused-ring (bicyclic) bond motifs is 1. The average Bonchev–Trinajstić information content (AvgIpc) is 3.21. The molecule has 4 aromatic rings. The zero-order chi connectivity index (χ0) is 24.5. The van der Waals surface area contributed by atoms with Crippen molar-refractivity contribution in [2.45, 2.75) is 4.90 Å². The van der Waals surface area contributed by atoms with Crippen molar-refractivity contribution < 1.29 is 27.3 Å². The van der Waals surface area contributed by atoms with Crippen molar-refractivity contribution >= 4 is 54.0 Å². The third kappa shape index (κ3) is 4.79. The number of halogens is 1. The Morgan fingerprint density at radius 1 is 1.12 bits per heavy atom. The van der Waals surface area contributed by atoms with E-state index < -0.39 is 26.7 Å². The number of nitro benzene ring substituents is 1. The summed E-state index contributed by atoms with van der Waals surface area (Å²) in [5, 5.41) is 13.9. The van der Waals surface area contributed by atoms with Crippen LogP contribution in [-0.4, -0.2) is 31.3 Å². The van der Waals surface area contributed by atoms with E-state index in [0.29, 0.717) is 10.2 Å². The second-order valence-electron chi connectivity index (χ2n) is 6.86. The first kappa shape index (κ1) is 23.1. The maximum atomic E-state index is 13.0. The molecule has 0 aliphatic heterocycles. The van der Waals surface area contributed by atoms with Gasteiger partial charge in [-0.25, -0.2) is 17.8 Å². The van der Waals surface area contributed by atoms with Gasteiger partial charge in [-0.05, 0) is 48.5 Å². The minimum Gasteiger partial charge on any atom is -0.494 e. The monoisotopic (exact) mass is 502 g/mol. The van der Waals surface area contributed by atoms with Crippen LogP contribution in [0.3, 0.4) is 0 Å². The van der Waals surface area contributed by atoms with Gasteiger partial charge < -0.3 is 4.74 Å². The summed E-state index contributed by atoms with van der Waals surface area (Å²) in [6.07, 6.45) is 0. The molecule has 0 unspecified atom stereocenters. The topological polar surface area (TPSA) is 141 Å². The van der Waals surface area contributed by atoms with Crippen LogP contribution in [0, 0.1) is 15.9 Å². The molecular weight excluding hydrogens is 487 g/mol. The molecule has 1 heterocycles. The summed E-state index contributed by atoms with van der Waals surface area (Å²) < 4.78 is 45.8. The Hall–Kier alpha value is -4.10. The van der Waals surface area contributed by atoms with Crippen LogP contribution in [0.15, 0.2) is 65.6 Å². The fourth-order valence-corrected chi connectivity index (χ4v) is 4.96. The van der Waals surface area contributed by atoms with Gasteiger partial charge in [0, 0.05) is 17.3 Å². The summed E-state index contributed by atoms with van der Waals surface area (Å²) in [6.45, 7) is 0. The van der Waals surface area contributed by atoms with E-state index in [1.165, 1.54) is 43.5 Å². The van der Waals surface area contributed by atoms with Crippen LogP contribution in [0.4, 0.5) is 20.9 Å². The number of thiazole rings is 1. The van der Waals surface area contributed by atoms with E-state index in [-0.39, 0.29) is 32.7 Å². The number of hydrogen-bond acceptors (Lipinski definition) is 8. The number of ether oxygens (including phenoxy) is 1. The van der Waals surface area contributed by atoms with Gasteiger partial charge >= 0.3 is 0 Å². The first-order valence-corrected chi connectivity index (χ1v) is 11.8. The van der Waals surface area contributed by atoms with Gasteiger partial charge in [-0.15, -0.1) is 0 Å². The van der Waals surface area contributed by atoms with Gasteiger partial charge in [0.05, 0.1) is 27.7 Å². The molecule has 1 aromatic heterocycles. The number of anilines is 2. The highest BCUT2D eigenvalue weighted by Crippen LogP contribution is 2.36. The van der Waals surface area contributed by atoms with Crippen LogP contribution in [0.25, 0.3) is 10.2 Å². The van der Waals surface area contributed by atoms with E-state index >= 15 is 0 Å². The van der Waals surface area contributed by atoms with Crippen LogP contribution >= 0.6 is 11.3 Å². The second-order valence-corrected chi connectivity index (χ2v) is 9.57. The minimum absolute atomic E-state index is 0.109. The summed E-state index contributed by atoms with van der Waals surface area (Å²) in [6, 6.07) is 12.6. The van der Waals surface area contributed by atoms with Crippen molar-refractivity contribution in [1.82, 2.24) is 4.98 Å². The lowest BCUT2D eigenvalue weighted by molar-refractivity contribution is -0.384. The standard InChI is InChI=1S/C21H15FN4O6S2/c1-32-17-10-15(26(28)29)11-18-19(17)23-21(33-18)24-20(27)12-2-6-14(7-3-12)25-34(30,31)16-8-4-13(22)5-9-16/h2-11,25H,1H3,(H,23,24,27). The molecule has 2 N–H and O–H groups in total. The van der Waals surface area contributed by atoms with E-state index in [4.69, 9.17) is 4.74 Å². The van der Waals surface area contributed by atoms with E-state index in [1.807, 2.05) is 0 Å². The fraction of sp³-hybridized carbons (Fsp3) is 0.0476.